The van der Waals surface area contributed by atoms with Crippen molar-refractivity contribution >= 4 is 29.3 Å². The molecule has 0 aromatic heterocycles. The van der Waals surface area contributed by atoms with E-state index in [1.54, 1.807) is 23.9 Å². The van der Waals surface area contributed by atoms with E-state index in [1.807, 2.05) is 75.4 Å². The molecule has 0 saturated carbocycles. The van der Waals surface area contributed by atoms with E-state index in [4.69, 9.17) is 0 Å². The van der Waals surface area contributed by atoms with Crippen LogP contribution in [0.5, 0.6) is 0 Å². The average Bonchev–Trinajstić information content (AvgIpc) is 3.24. The Hall–Kier alpha value is -3.32. The van der Waals surface area contributed by atoms with Crippen molar-refractivity contribution in [2.24, 2.45) is 0 Å². The molecule has 2 amide bonds. The zero-order valence-electron chi connectivity index (χ0n) is 18.8. The highest BCUT2D eigenvalue weighted by molar-refractivity contribution is 8.00. The summed E-state index contributed by atoms with van der Waals surface area (Å²) in [5.41, 5.74) is 3.34. The lowest BCUT2D eigenvalue weighted by Crippen LogP contribution is -2.49. The molecule has 3 aromatic carbocycles. The summed E-state index contributed by atoms with van der Waals surface area (Å²) in [5.74, 6) is 0.343. The van der Waals surface area contributed by atoms with Crippen LogP contribution >= 0.6 is 11.8 Å². The molecular formula is C27H26FN3O2S. The van der Waals surface area contributed by atoms with Gasteiger partial charge in [-0.25, -0.2) is 4.39 Å². The molecule has 0 aliphatic carbocycles. The van der Waals surface area contributed by atoms with Gasteiger partial charge in [-0.2, -0.15) is 0 Å². The number of amides is 2. The van der Waals surface area contributed by atoms with Gasteiger partial charge in [-0.15, -0.1) is 11.8 Å². The van der Waals surface area contributed by atoms with Crippen molar-refractivity contribution < 1.29 is 14.0 Å². The molecule has 2 fully saturated rings. The molecule has 0 N–H and O–H groups in total. The maximum atomic E-state index is 14.1. The molecule has 3 aromatic rings. The zero-order chi connectivity index (χ0) is 23.5. The van der Waals surface area contributed by atoms with E-state index in [9.17, 15) is 14.0 Å². The van der Waals surface area contributed by atoms with Gasteiger partial charge in [0, 0.05) is 38.3 Å². The molecule has 0 radical (unpaired) electrons. The number of benzene rings is 3. The first kappa shape index (κ1) is 22.5. The maximum absolute atomic E-state index is 14.1. The Morgan fingerprint density at radius 2 is 1.56 bits per heavy atom. The van der Waals surface area contributed by atoms with Gasteiger partial charge < -0.3 is 14.7 Å². The van der Waals surface area contributed by atoms with Gasteiger partial charge in [0.05, 0.1) is 11.4 Å². The molecule has 2 heterocycles. The second-order valence-corrected chi connectivity index (χ2v) is 9.59. The van der Waals surface area contributed by atoms with Crippen molar-refractivity contribution in [3.8, 4) is 0 Å². The molecule has 5 rings (SSSR count). The third-order valence-corrected chi connectivity index (χ3v) is 7.62. The Bertz CT molecular complexity index is 1160. The predicted octanol–water partition coefficient (Wildman–Crippen LogP) is 4.56. The van der Waals surface area contributed by atoms with Crippen LogP contribution in [0.15, 0.2) is 78.9 Å². The molecule has 0 spiro atoms. The number of halogens is 1. The summed E-state index contributed by atoms with van der Waals surface area (Å²) in [5, 5.41) is -0.0545. The van der Waals surface area contributed by atoms with E-state index in [0.717, 1.165) is 11.1 Å². The number of nitrogens with zero attached hydrogens (tertiary/aromatic N) is 3. The Balaban J connectivity index is 1.23. The lowest BCUT2D eigenvalue weighted by molar-refractivity contribution is -0.128. The Labute approximate surface area is 203 Å². The summed E-state index contributed by atoms with van der Waals surface area (Å²) in [7, 11) is 0. The number of anilines is 1. The number of carbonyl (C=O) groups excluding carboxylic acids is 2. The van der Waals surface area contributed by atoms with Crippen molar-refractivity contribution in [3.63, 3.8) is 0 Å². The average molecular weight is 476 g/mol. The highest BCUT2D eigenvalue weighted by Gasteiger charge is 2.33. The normalized spacial score (nSPS) is 18.4. The van der Waals surface area contributed by atoms with Crippen LogP contribution in [0.25, 0.3) is 0 Å². The van der Waals surface area contributed by atoms with Crippen LogP contribution < -0.4 is 4.90 Å². The Kier molecular flexibility index (Phi) is 6.54. The van der Waals surface area contributed by atoms with E-state index < -0.39 is 0 Å². The van der Waals surface area contributed by atoms with Crippen LogP contribution in [-0.4, -0.2) is 53.5 Å². The number of hydrogen-bond donors (Lipinski definition) is 0. The number of piperazine rings is 1. The fraction of sp³-hybridized carbons (Fsp3) is 0.259. The van der Waals surface area contributed by atoms with E-state index in [2.05, 4.69) is 0 Å². The third-order valence-electron chi connectivity index (χ3n) is 6.37. The maximum Gasteiger partial charge on any atom is 0.253 e. The fourth-order valence-electron chi connectivity index (χ4n) is 4.51. The SMILES string of the molecule is O=C(c1ccc([C@H]2SCC(=O)N2Cc2ccccc2)cc1)N1CCN(c2ccccc2F)CC1. The van der Waals surface area contributed by atoms with Crippen molar-refractivity contribution in [2.45, 2.75) is 11.9 Å². The van der Waals surface area contributed by atoms with Crippen LogP contribution in [0.4, 0.5) is 10.1 Å². The van der Waals surface area contributed by atoms with Crippen molar-refractivity contribution in [1.29, 1.82) is 0 Å². The second-order valence-electron chi connectivity index (χ2n) is 8.52. The molecule has 34 heavy (non-hydrogen) atoms. The highest BCUT2D eigenvalue weighted by atomic mass is 32.2. The second kappa shape index (κ2) is 9.89. The molecule has 5 nitrogen and oxygen atoms in total. The summed E-state index contributed by atoms with van der Waals surface area (Å²) in [6.07, 6.45) is 0. The zero-order valence-corrected chi connectivity index (χ0v) is 19.6. The van der Waals surface area contributed by atoms with Crippen LogP contribution in [0.2, 0.25) is 0 Å². The van der Waals surface area contributed by atoms with Crippen LogP contribution in [-0.2, 0) is 11.3 Å². The van der Waals surface area contributed by atoms with E-state index >= 15 is 0 Å². The summed E-state index contributed by atoms with van der Waals surface area (Å²) < 4.78 is 14.1. The summed E-state index contributed by atoms with van der Waals surface area (Å²) in [6.45, 7) is 2.86. The van der Waals surface area contributed by atoms with Gasteiger partial charge in [-0.3, -0.25) is 9.59 Å². The molecule has 0 unspecified atom stereocenters. The standard InChI is InChI=1S/C27H26FN3O2S/c28-23-8-4-5-9-24(23)29-14-16-30(17-15-29)26(33)21-10-12-22(13-11-21)27-31(25(32)19-34-27)18-20-6-2-1-3-7-20/h1-13,27H,14-19H2/t27-/m1/s1. The number of carbonyl (C=O) groups is 2. The molecule has 2 aliphatic heterocycles. The third kappa shape index (κ3) is 4.66. The topological polar surface area (TPSA) is 43.9 Å². The monoisotopic (exact) mass is 475 g/mol. The first-order valence-corrected chi connectivity index (χ1v) is 12.5. The van der Waals surface area contributed by atoms with Gasteiger partial charge >= 0.3 is 0 Å². The first-order valence-electron chi connectivity index (χ1n) is 11.4. The minimum absolute atomic E-state index is 0.0176. The molecule has 0 bridgehead atoms. The quantitative estimate of drug-likeness (QED) is 0.543. The summed E-state index contributed by atoms with van der Waals surface area (Å²) >= 11 is 1.62. The van der Waals surface area contributed by atoms with Crippen LogP contribution in [0.1, 0.15) is 26.9 Å². The number of rotatable bonds is 5. The van der Waals surface area contributed by atoms with Gasteiger partial charge in [-0.05, 0) is 35.4 Å². The number of thioether (sulfide) groups is 1. The van der Waals surface area contributed by atoms with E-state index in [-0.39, 0.29) is 23.0 Å². The van der Waals surface area contributed by atoms with Crippen LogP contribution in [0.3, 0.4) is 0 Å². The summed E-state index contributed by atoms with van der Waals surface area (Å²) in [4.78, 5) is 31.3. The fourth-order valence-corrected chi connectivity index (χ4v) is 5.70. The smallest absolute Gasteiger partial charge is 0.253 e. The molecule has 2 aliphatic rings. The predicted molar refractivity (Wildman–Crippen MR) is 133 cm³/mol. The minimum atomic E-state index is -0.234. The molecule has 2 saturated heterocycles. The minimum Gasteiger partial charge on any atom is -0.366 e. The largest absolute Gasteiger partial charge is 0.366 e. The van der Waals surface area contributed by atoms with Gasteiger partial charge in [0.15, 0.2) is 0 Å². The van der Waals surface area contributed by atoms with Gasteiger partial charge in [0.25, 0.3) is 5.91 Å². The number of hydrogen-bond acceptors (Lipinski definition) is 4. The summed E-state index contributed by atoms with van der Waals surface area (Å²) in [6, 6.07) is 24.4. The van der Waals surface area contributed by atoms with E-state index in [1.165, 1.54) is 6.07 Å². The van der Waals surface area contributed by atoms with Crippen molar-refractivity contribution in [3.05, 3.63) is 101 Å². The molecule has 174 valence electrons. The van der Waals surface area contributed by atoms with E-state index in [0.29, 0.717) is 49.7 Å². The first-order chi connectivity index (χ1) is 16.6. The number of para-hydroxylation sites is 1. The molecule has 1 atom stereocenters. The lowest BCUT2D eigenvalue weighted by Gasteiger charge is -2.36. The van der Waals surface area contributed by atoms with Gasteiger partial charge in [-0.1, -0.05) is 54.6 Å². The highest BCUT2D eigenvalue weighted by Crippen LogP contribution is 2.39. The van der Waals surface area contributed by atoms with Crippen molar-refractivity contribution in [1.82, 2.24) is 9.80 Å². The molecule has 7 heteroatoms. The van der Waals surface area contributed by atoms with Gasteiger partial charge in [0.1, 0.15) is 11.2 Å². The van der Waals surface area contributed by atoms with Gasteiger partial charge in [0.2, 0.25) is 5.91 Å². The Morgan fingerprint density at radius 1 is 0.882 bits per heavy atom. The molecular weight excluding hydrogens is 449 g/mol. The van der Waals surface area contributed by atoms with Crippen LogP contribution in [0, 0.1) is 5.82 Å². The Morgan fingerprint density at radius 3 is 2.26 bits per heavy atom. The van der Waals surface area contributed by atoms with Crippen molar-refractivity contribution in [2.75, 3.05) is 36.8 Å². The lowest BCUT2D eigenvalue weighted by atomic mass is 10.1.